The first-order valence-corrected chi connectivity index (χ1v) is 25.0. The van der Waals surface area contributed by atoms with E-state index in [2.05, 4.69) is 90.5 Å². The minimum atomic E-state index is -2.00. The molecule has 1 unspecified atom stereocenters. The van der Waals surface area contributed by atoms with Crippen molar-refractivity contribution in [2.45, 2.75) is 161 Å². The van der Waals surface area contributed by atoms with Crippen LogP contribution in [0.5, 0.6) is 0 Å². The standard InChI is InChI=1S/C38H66O5SSi2/c1-29(2)28-45(7,8)42-34-26-33(39)31(19-13-11-12-14-22-36(40)41-6)32(34)20-15-21-35(43-46(9,10)37(3,4)5)38(23-17-24-38)27-30-18-16-25-44-30/h15-16,18,20,25,29,31-32,34-35H,11-14,17,19,21-24,26-28H2,1-10H3/t31-,32+,34-,35?/m1/s1. The zero-order valence-electron chi connectivity index (χ0n) is 30.9. The Balaban J connectivity index is 1.81. The number of hydrogen-bond donors (Lipinski definition) is 0. The van der Waals surface area contributed by atoms with E-state index in [9.17, 15) is 9.59 Å². The highest BCUT2D eigenvalue weighted by atomic mass is 32.1. The summed E-state index contributed by atoms with van der Waals surface area (Å²) in [6.07, 6.45) is 16.4. The first kappa shape index (κ1) is 39.4. The Bertz CT molecular complexity index is 1120. The average molecular weight is 691 g/mol. The van der Waals surface area contributed by atoms with E-state index in [4.69, 9.17) is 13.6 Å². The second kappa shape index (κ2) is 17.0. The van der Waals surface area contributed by atoms with Gasteiger partial charge >= 0.3 is 5.97 Å². The van der Waals surface area contributed by atoms with Gasteiger partial charge in [-0.2, -0.15) is 0 Å². The van der Waals surface area contributed by atoms with Crippen molar-refractivity contribution in [3.05, 3.63) is 34.5 Å². The maximum atomic E-state index is 13.6. The Morgan fingerprint density at radius 1 is 1.11 bits per heavy atom. The van der Waals surface area contributed by atoms with Crippen LogP contribution in [0.1, 0.15) is 110 Å². The van der Waals surface area contributed by atoms with E-state index in [0.717, 1.165) is 51.0 Å². The van der Waals surface area contributed by atoms with Crippen LogP contribution in [0.25, 0.3) is 0 Å². The summed E-state index contributed by atoms with van der Waals surface area (Å²) >= 11 is 1.87. The van der Waals surface area contributed by atoms with E-state index in [1.165, 1.54) is 31.2 Å². The second-order valence-corrected chi connectivity index (χ2v) is 26.9. The van der Waals surface area contributed by atoms with Gasteiger partial charge in [-0.3, -0.25) is 9.59 Å². The SMILES string of the molecule is COC(=O)CCCCCC[C@H]1C(=O)C[C@@H](O[Si](C)(C)CC(C)C)[C@H]1C=CCC(O[Si](C)(C)C(C)(C)C)C1(Cc2cccs2)CCC1. The molecular formula is C38H66O5SSi2. The third-order valence-electron chi connectivity index (χ3n) is 11.0. The van der Waals surface area contributed by atoms with Gasteiger partial charge in [-0.15, -0.1) is 11.3 Å². The number of rotatable bonds is 19. The molecule has 0 spiro atoms. The molecule has 4 atom stereocenters. The van der Waals surface area contributed by atoms with Crippen molar-refractivity contribution in [3.63, 3.8) is 0 Å². The van der Waals surface area contributed by atoms with Crippen LogP contribution >= 0.6 is 11.3 Å². The number of hydrogen-bond acceptors (Lipinski definition) is 6. The zero-order chi connectivity index (χ0) is 34.2. The van der Waals surface area contributed by atoms with Gasteiger partial charge < -0.3 is 13.6 Å². The lowest BCUT2D eigenvalue weighted by atomic mass is 9.62. The van der Waals surface area contributed by atoms with E-state index < -0.39 is 16.6 Å². The van der Waals surface area contributed by atoms with Gasteiger partial charge in [0.05, 0.1) is 19.3 Å². The van der Waals surface area contributed by atoms with Crippen molar-refractivity contribution >= 4 is 39.7 Å². The van der Waals surface area contributed by atoms with Gasteiger partial charge in [0, 0.05) is 35.0 Å². The highest BCUT2D eigenvalue weighted by Crippen LogP contribution is 2.52. The van der Waals surface area contributed by atoms with Gasteiger partial charge in [0.2, 0.25) is 0 Å². The van der Waals surface area contributed by atoms with Crippen LogP contribution in [0, 0.1) is 23.2 Å². The molecule has 5 nitrogen and oxygen atoms in total. The average Bonchev–Trinajstić information content (AvgIpc) is 3.53. The van der Waals surface area contributed by atoms with Gasteiger partial charge in [0.1, 0.15) is 5.78 Å². The molecule has 1 aromatic heterocycles. The molecule has 0 aromatic carbocycles. The Hall–Kier alpha value is -1.07. The monoisotopic (exact) mass is 690 g/mol. The molecule has 0 N–H and O–H groups in total. The van der Waals surface area contributed by atoms with Crippen LogP contribution in [0.2, 0.25) is 37.3 Å². The van der Waals surface area contributed by atoms with Gasteiger partial charge in [0.25, 0.3) is 0 Å². The third-order valence-corrected chi connectivity index (χ3v) is 19.1. The van der Waals surface area contributed by atoms with Crippen LogP contribution in [-0.4, -0.2) is 47.7 Å². The maximum absolute atomic E-state index is 13.6. The minimum Gasteiger partial charge on any atom is -0.469 e. The topological polar surface area (TPSA) is 61.8 Å². The fourth-order valence-electron chi connectivity index (χ4n) is 7.54. The lowest BCUT2D eigenvalue weighted by Crippen LogP contribution is -2.52. The van der Waals surface area contributed by atoms with Crippen LogP contribution in [0.15, 0.2) is 29.7 Å². The maximum Gasteiger partial charge on any atom is 0.305 e. The number of thiophene rings is 1. The summed E-state index contributed by atoms with van der Waals surface area (Å²) in [7, 11) is -2.47. The molecule has 0 bridgehead atoms. The van der Waals surface area contributed by atoms with Gasteiger partial charge in [0.15, 0.2) is 16.6 Å². The van der Waals surface area contributed by atoms with Crippen molar-refractivity contribution in [2.24, 2.45) is 23.2 Å². The largest absolute Gasteiger partial charge is 0.469 e. The molecule has 0 aliphatic heterocycles. The highest BCUT2D eigenvalue weighted by molar-refractivity contribution is 7.09. The first-order valence-electron chi connectivity index (χ1n) is 18.1. The summed E-state index contributed by atoms with van der Waals surface area (Å²) < 4.78 is 19.1. The van der Waals surface area contributed by atoms with Crippen LogP contribution in [0.4, 0.5) is 0 Å². The van der Waals surface area contributed by atoms with Crippen LogP contribution in [-0.2, 0) is 29.6 Å². The summed E-state index contributed by atoms with van der Waals surface area (Å²) in [4.78, 5) is 26.5. The molecule has 2 aliphatic rings. The molecule has 46 heavy (non-hydrogen) atoms. The Morgan fingerprint density at radius 2 is 1.80 bits per heavy atom. The van der Waals surface area contributed by atoms with E-state index in [-0.39, 0.29) is 40.5 Å². The van der Waals surface area contributed by atoms with Crippen molar-refractivity contribution < 1.29 is 23.2 Å². The number of Topliss-reactive ketones (excluding diaryl/α,β-unsaturated/α-hetero) is 1. The Kier molecular flexibility index (Phi) is 14.6. The Labute approximate surface area is 287 Å². The molecule has 1 aromatic rings. The lowest BCUT2D eigenvalue weighted by Gasteiger charge is -2.51. The van der Waals surface area contributed by atoms with E-state index in [1.54, 1.807) is 0 Å². The van der Waals surface area contributed by atoms with Crippen LogP contribution in [0.3, 0.4) is 0 Å². The van der Waals surface area contributed by atoms with Crippen LogP contribution < -0.4 is 0 Å². The molecule has 0 radical (unpaired) electrons. The lowest BCUT2D eigenvalue weighted by molar-refractivity contribution is -0.140. The molecule has 0 saturated heterocycles. The van der Waals surface area contributed by atoms with Gasteiger partial charge in [-0.1, -0.05) is 78.5 Å². The summed E-state index contributed by atoms with van der Waals surface area (Å²) in [6.45, 7) is 21.0. The summed E-state index contributed by atoms with van der Waals surface area (Å²) in [5, 5.41) is 2.35. The summed E-state index contributed by atoms with van der Waals surface area (Å²) in [5.74, 6) is 0.938. The fraction of sp³-hybridized carbons (Fsp3) is 0.789. The quantitative estimate of drug-likeness (QED) is 0.0626. The molecule has 262 valence electrons. The molecule has 8 heteroatoms. The molecule has 0 amide bonds. The van der Waals surface area contributed by atoms with Gasteiger partial charge in [-0.25, -0.2) is 0 Å². The van der Waals surface area contributed by atoms with Crippen molar-refractivity contribution in [3.8, 4) is 0 Å². The summed E-state index contributed by atoms with van der Waals surface area (Å²) in [5.41, 5.74) is 0.182. The molecule has 2 saturated carbocycles. The molecule has 2 fully saturated rings. The van der Waals surface area contributed by atoms with Crippen molar-refractivity contribution in [1.29, 1.82) is 0 Å². The van der Waals surface area contributed by atoms with E-state index >= 15 is 0 Å². The minimum absolute atomic E-state index is 0.00856. The third kappa shape index (κ3) is 11.2. The zero-order valence-corrected chi connectivity index (χ0v) is 33.7. The Morgan fingerprint density at radius 3 is 2.37 bits per heavy atom. The molecule has 3 rings (SSSR count). The fourth-order valence-corrected chi connectivity index (χ4v) is 12.9. The normalized spacial score (nSPS) is 22.8. The number of methoxy groups -OCH3 is 1. The first-order chi connectivity index (χ1) is 21.5. The molecule has 2 aliphatic carbocycles. The number of esters is 1. The molecular weight excluding hydrogens is 625 g/mol. The van der Waals surface area contributed by atoms with Gasteiger partial charge in [-0.05, 0) is 93.2 Å². The van der Waals surface area contributed by atoms with Crippen molar-refractivity contribution in [2.75, 3.05) is 7.11 Å². The number of unbranched alkanes of at least 4 members (excludes halogenated alkanes) is 3. The number of carbonyl (C=O) groups is 2. The number of ether oxygens (including phenoxy) is 1. The number of carbonyl (C=O) groups excluding carboxylic acids is 2. The van der Waals surface area contributed by atoms with E-state index in [0.29, 0.717) is 24.5 Å². The second-order valence-electron chi connectivity index (χ2n) is 16.9. The summed E-state index contributed by atoms with van der Waals surface area (Å²) in [6, 6.07) is 5.57. The highest BCUT2D eigenvalue weighted by Gasteiger charge is 2.49. The smallest absolute Gasteiger partial charge is 0.305 e. The number of ketones is 1. The predicted octanol–water partition coefficient (Wildman–Crippen LogP) is 10.8. The van der Waals surface area contributed by atoms with E-state index in [1.807, 2.05) is 11.3 Å². The molecule has 1 heterocycles. The predicted molar refractivity (Wildman–Crippen MR) is 198 cm³/mol. The van der Waals surface area contributed by atoms with Crippen molar-refractivity contribution in [1.82, 2.24) is 0 Å².